The van der Waals surface area contributed by atoms with E-state index in [1.54, 1.807) is 0 Å². The van der Waals surface area contributed by atoms with Gasteiger partial charge in [-0.05, 0) is 16.6 Å². The molecule has 0 unspecified atom stereocenters. The fourth-order valence-electron chi connectivity index (χ4n) is 0.735. The van der Waals surface area contributed by atoms with Gasteiger partial charge in [0.15, 0.2) is 0 Å². The van der Waals surface area contributed by atoms with E-state index < -0.39 is 0 Å². The molecule has 0 aliphatic rings. The largest absolute Gasteiger partial charge is 0.365 e. The third-order valence-corrected chi connectivity index (χ3v) is 2.03. The van der Waals surface area contributed by atoms with Crippen LogP contribution in [-0.4, -0.2) is 10.1 Å². The van der Waals surface area contributed by atoms with Gasteiger partial charge in [0.25, 0.3) is 11.8 Å². The number of anilines is 1. The highest BCUT2D eigenvalue weighted by Gasteiger charge is 2.05. The highest BCUT2D eigenvalue weighted by Crippen LogP contribution is 2.22. The second kappa shape index (κ2) is 2.35. The summed E-state index contributed by atoms with van der Waals surface area (Å²) in [4.78, 5) is 4.80. The van der Waals surface area contributed by atoms with Crippen LogP contribution in [0, 0.1) is 0 Å². The molecule has 56 valence electrons. The lowest BCUT2D eigenvalue weighted by Crippen LogP contribution is -1.84. The maximum atomic E-state index is 5.27. The molecule has 2 N–H and O–H groups in total. The highest BCUT2D eigenvalue weighted by atomic mass is 32.1. The number of nitrogens with two attached hydrogens (primary N) is 1. The van der Waals surface area contributed by atoms with Gasteiger partial charge >= 0.3 is 0 Å². The van der Waals surface area contributed by atoms with Gasteiger partial charge in [-0.2, -0.15) is 4.98 Å². The smallest absolute Gasteiger partial charge is 0.269 e. The molecule has 0 amide bonds. The summed E-state index contributed by atoms with van der Waals surface area (Å²) in [5, 5.41) is 5.41. The van der Waals surface area contributed by atoms with Gasteiger partial charge < -0.3 is 10.3 Å². The van der Waals surface area contributed by atoms with E-state index in [1.165, 1.54) is 11.3 Å². The molecule has 5 heteroatoms. The lowest BCUT2D eigenvalue weighted by molar-refractivity contribution is 0.434. The summed E-state index contributed by atoms with van der Waals surface area (Å²) < 4.78 is 4.83. The van der Waals surface area contributed by atoms with Crippen molar-refractivity contribution < 1.29 is 4.52 Å². The molecule has 11 heavy (non-hydrogen) atoms. The standard InChI is InChI=1S/C6H5N3OS/c7-6-8-5(10-9-6)4-2-1-3-11-4/h1-3H,(H2,7,9). The first-order valence-corrected chi connectivity index (χ1v) is 3.87. The van der Waals surface area contributed by atoms with Crippen LogP contribution < -0.4 is 5.73 Å². The van der Waals surface area contributed by atoms with Crippen LogP contribution in [0.25, 0.3) is 10.8 Å². The lowest BCUT2D eigenvalue weighted by atomic mass is 10.5. The molecule has 2 heterocycles. The van der Waals surface area contributed by atoms with E-state index in [0.717, 1.165) is 4.88 Å². The van der Waals surface area contributed by atoms with Crippen molar-refractivity contribution in [2.45, 2.75) is 0 Å². The number of hydrogen-bond acceptors (Lipinski definition) is 5. The van der Waals surface area contributed by atoms with Crippen molar-refractivity contribution in [3.63, 3.8) is 0 Å². The van der Waals surface area contributed by atoms with Gasteiger partial charge in [-0.25, -0.2) is 0 Å². The predicted octanol–water partition coefficient (Wildman–Crippen LogP) is 1.38. The fourth-order valence-corrected chi connectivity index (χ4v) is 1.38. The molecule has 4 nitrogen and oxygen atoms in total. The van der Waals surface area contributed by atoms with Crippen molar-refractivity contribution in [1.29, 1.82) is 0 Å². The van der Waals surface area contributed by atoms with Crippen molar-refractivity contribution in [2.24, 2.45) is 0 Å². The Morgan fingerprint density at radius 1 is 1.55 bits per heavy atom. The maximum Gasteiger partial charge on any atom is 0.269 e. The minimum absolute atomic E-state index is 0.174. The quantitative estimate of drug-likeness (QED) is 0.696. The molecule has 0 atom stereocenters. The summed E-state index contributed by atoms with van der Waals surface area (Å²) in [7, 11) is 0. The Bertz CT molecular complexity index is 340. The first-order valence-electron chi connectivity index (χ1n) is 2.99. The molecule has 0 bridgehead atoms. The molecule has 2 aromatic rings. The van der Waals surface area contributed by atoms with Gasteiger partial charge in [0, 0.05) is 0 Å². The molecular weight excluding hydrogens is 162 g/mol. The fraction of sp³-hybridized carbons (Fsp3) is 0. The Labute approximate surface area is 66.7 Å². The van der Waals surface area contributed by atoms with Gasteiger partial charge in [-0.3, -0.25) is 0 Å². The van der Waals surface area contributed by atoms with Crippen molar-refractivity contribution >= 4 is 17.3 Å². The number of rotatable bonds is 1. The van der Waals surface area contributed by atoms with E-state index in [4.69, 9.17) is 10.3 Å². The molecule has 0 spiro atoms. The van der Waals surface area contributed by atoms with Crippen LogP contribution in [0.3, 0.4) is 0 Å². The van der Waals surface area contributed by atoms with Crippen LogP contribution >= 0.6 is 11.3 Å². The topological polar surface area (TPSA) is 64.9 Å². The average molecular weight is 167 g/mol. The van der Waals surface area contributed by atoms with Crippen molar-refractivity contribution in [3.8, 4) is 10.8 Å². The van der Waals surface area contributed by atoms with Crippen LogP contribution in [0.1, 0.15) is 0 Å². The van der Waals surface area contributed by atoms with Gasteiger partial charge in [-0.1, -0.05) is 6.07 Å². The number of thiophene rings is 1. The van der Waals surface area contributed by atoms with Crippen LogP contribution in [0.4, 0.5) is 5.95 Å². The third kappa shape index (κ3) is 1.10. The zero-order valence-electron chi connectivity index (χ0n) is 5.52. The monoisotopic (exact) mass is 167 g/mol. The number of nitrogens with zero attached hydrogens (tertiary/aromatic N) is 2. The van der Waals surface area contributed by atoms with Crippen LogP contribution in [-0.2, 0) is 0 Å². The number of aromatic nitrogens is 2. The Kier molecular flexibility index (Phi) is 1.36. The second-order valence-electron chi connectivity index (χ2n) is 1.94. The summed E-state index contributed by atoms with van der Waals surface area (Å²) >= 11 is 1.54. The third-order valence-electron chi connectivity index (χ3n) is 1.17. The molecule has 0 aromatic carbocycles. The minimum atomic E-state index is 0.174. The zero-order chi connectivity index (χ0) is 7.68. The van der Waals surface area contributed by atoms with E-state index in [0.29, 0.717) is 5.89 Å². The average Bonchev–Trinajstić information content (AvgIpc) is 2.55. The zero-order valence-corrected chi connectivity index (χ0v) is 6.34. The van der Waals surface area contributed by atoms with Crippen molar-refractivity contribution in [3.05, 3.63) is 17.5 Å². The Hall–Kier alpha value is -1.36. The van der Waals surface area contributed by atoms with E-state index in [-0.39, 0.29) is 5.95 Å². The molecule has 0 saturated heterocycles. The summed E-state index contributed by atoms with van der Waals surface area (Å²) in [5.41, 5.74) is 5.27. The van der Waals surface area contributed by atoms with Crippen LogP contribution in [0.15, 0.2) is 22.0 Å². The Morgan fingerprint density at radius 3 is 3.00 bits per heavy atom. The lowest BCUT2D eigenvalue weighted by Gasteiger charge is -1.80. The van der Waals surface area contributed by atoms with Crippen molar-refractivity contribution in [1.82, 2.24) is 10.1 Å². The molecular formula is C6H5N3OS. The van der Waals surface area contributed by atoms with E-state index in [9.17, 15) is 0 Å². The summed E-state index contributed by atoms with van der Waals surface area (Å²) in [6, 6.07) is 3.82. The van der Waals surface area contributed by atoms with E-state index in [1.807, 2.05) is 17.5 Å². The van der Waals surface area contributed by atoms with Gasteiger partial charge in [0.05, 0.1) is 4.88 Å². The van der Waals surface area contributed by atoms with Gasteiger partial charge in [0.2, 0.25) is 0 Å². The predicted molar refractivity (Wildman–Crippen MR) is 42.0 cm³/mol. The van der Waals surface area contributed by atoms with Crippen molar-refractivity contribution in [2.75, 3.05) is 5.73 Å². The highest BCUT2D eigenvalue weighted by molar-refractivity contribution is 7.13. The van der Waals surface area contributed by atoms with Crippen LogP contribution in [0.2, 0.25) is 0 Å². The molecule has 0 aliphatic heterocycles. The SMILES string of the molecule is Nc1noc(-c2cccs2)n1. The Morgan fingerprint density at radius 2 is 2.45 bits per heavy atom. The molecule has 0 fully saturated rings. The molecule has 0 radical (unpaired) electrons. The summed E-state index contributed by atoms with van der Waals surface area (Å²) in [6.45, 7) is 0. The molecule has 0 aliphatic carbocycles. The molecule has 2 rings (SSSR count). The minimum Gasteiger partial charge on any atom is -0.365 e. The second-order valence-corrected chi connectivity index (χ2v) is 2.88. The molecule has 0 saturated carbocycles. The van der Waals surface area contributed by atoms with Gasteiger partial charge in [0.1, 0.15) is 0 Å². The summed E-state index contributed by atoms with van der Waals surface area (Å²) in [5.74, 6) is 0.658. The van der Waals surface area contributed by atoms with Gasteiger partial charge in [-0.15, -0.1) is 11.3 Å². The first kappa shape index (κ1) is 6.36. The molecule has 2 aromatic heterocycles. The van der Waals surface area contributed by atoms with E-state index >= 15 is 0 Å². The Balaban J connectivity index is 2.45. The number of nitrogen functional groups attached to an aromatic ring is 1. The van der Waals surface area contributed by atoms with Crippen LogP contribution in [0.5, 0.6) is 0 Å². The first-order chi connectivity index (χ1) is 5.36. The maximum absolute atomic E-state index is 5.27. The normalized spacial score (nSPS) is 10.2. The summed E-state index contributed by atoms with van der Waals surface area (Å²) in [6.07, 6.45) is 0. The number of hydrogen-bond donors (Lipinski definition) is 1. The van der Waals surface area contributed by atoms with E-state index in [2.05, 4.69) is 10.1 Å².